The van der Waals surface area contributed by atoms with E-state index in [0.717, 1.165) is 36.8 Å². The summed E-state index contributed by atoms with van der Waals surface area (Å²) in [6, 6.07) is 5.69. The zero-order valence-electron chi connectivity index (χ0n) is 14.7. The molecule has 2 heterocycles. The maximum Gasteiger partial charge on any atom is 0.123 e. The molecule has 128 valence electrons. The van der Waals surface area contributed by atoms with Gasteiger partial charge in [0.25, 0.3) is 0 Å². The molecule has 2 aromatic rings. The lowest BCUT2D eigenvalue weighted by atomic mass is 10.1. The van der Waals surface area contributed by atoms with E-state index in [2.05, 4.69) is 48.2 Å². The summed E-state index contributed by atoms with van der Waals surface area (Å²) in [5, 5.41) is 4.59. The van der Waals surface area contributed by atoms with Gasteiger partial charge in [-0.25, -0.2) is 4.39 Å². The summed E-state index contributed by atoms with van der Waals surface area (Å²) in [6.07, 6.45) is 13.0. The largest absolute Gasteiger partial charge is 0.346 e. The average molecular weight is 326 g/mol. The summed E-state index contributed by atoms with van der Waals surface area (Å²) in [5.74, 6) is -0.159. The maximum absolute atomic E-state index is 13.8. The highest BCUT2D eigenvalue weighted by Gasteiger charge is 2.17. The highest BCUT2D eigenvalue weighted by Crippen LogP contribution is 2.26. The van der Waals surface area contributed by atoms with Gasteiger partial charge in [-0.2, -0.15) is 0 Å². The Labute approximate surface area is 144 Å². The van der Waals surface area contributed by atoms with Crippen molar-refractivity contribution in [1.82, 2.24) is 9.88 Å². The third kappa shape index (κ3) is 3.96. The Balaban J connectivity index is 1.90. The van der Waals surface area contributed by atoms with Gasteiger partial charge in [0.05, 0.1) is 0 Å². The zero-order chi connectivity index (χ0) is 16.9. The highest BCUT2D eigenvalue weighted by molar-refractivity contribution is 5.84. The van der Waals surface area contributed by atoms with Crippen molar-refractivity contribution in [2.24, 2.45) is 0 Å². The Morgan fingerprint density at radius 2 is 2.29 bits per heavy atom. The number of halogens is 1. The van der Waals surface area contributed by atoms with E-state index >= 15 is 0 Å². The molecule has 3 heteroatoms. The highest BCUT2D eigenvalue weighted by atomic mass is 19.1. The van der Waals surface area contributed by atoms with Crippen LogP contribution < -0.4 is 5.32 Å². The van der Waals surface area contributed by atoms with Crippen molar-refractivity contribution in [3.8, 4) is 0 Å². The molecule has 1 aromatic carbocycles. The van der Waals surface area contributed by atoms with Crippen molar-refractivity contribution in [2.45, 2.75) is 52.1 Å². The molecule has 0 amide bonds. The quantitative estimate of drug-likeness (QED) is 0.740. The van der Waals surface area contributed by atoms with E-state index in [1.165, 1.54) is 24.0 Å². The Kier molecular flexibility index (Phi) is 5.52. The molecule has 1 aliphatic rings. The van der Waals surface area contributed by atoms with Crippen molar-refractivity contribution in [1.29, 1.82) is 0 Å². The predicted molar refractivity (Wildman–Crippen MR) is 99.8 cm³/mol. The molecule has 24 heavy (non-hydrogen) atoms. The first kappa shape index (κ1) is 17.0. The van der Waals surface area contributed by atoms with Crippen LogP contribution in [0.2, 0.25) is 0 Å². The molecule has 0 bridgehead atoms. The normalized spacial score (nSPS) is 19.0. The van der Waals surface area contributed by atoms with Gasteiger partial charge in [-0.3, -0.25) is 0 Å². The molecule has 0 spiro atoms. The van der Waals surface area contributed by atoms with E-state index in [1.807, 2.05) is 6.07 Å². The molecule has 1 aromatic heterocycles. The minimum absolute atomic E-state index is 0.159. The summed E-state index contributed by atoms with van der Waals surface area (Å²) >= 11 is 0. The third-order valence-electron chi connectivity index (χ3n) is 4.73. The van der Waals surface area contributed by atoms with Crippen LogP contribution in [0.4, 0.5) is 4.39 Å². The molecule has 1 atom stereocenters. The molecular formula is C21H27FN2. The standard InChI is InChI=1S/C21H27FN2/c1-3-4-5-7-16(2)12-17-14-24(15-19-8-6-11-23-19)21-10-9-18(22)13-20(17)21/h4-5,7,9-10,13-14,19,23H,3,6,8,11-12,15H2,1-2H3/b5-4-,16-7-/t19-/m0/s1. The Morgan fingerprint density at radius 3 is 3.04 bits per heavy atom. The number of rotatable bonds is 6. The number of hydrogen-bond donors (Lipinski definition) is 1. The topological polar surface area (TPSA) is 17.0 Å². The van der Waals surface area contributed by atoms with Gasteiger partial charge in [0.2, 0.25) is 0 Å². The van der Waals surface area contributed by atoms with Crippen LogP contribution >= 0.6 is 0 Å². The van der Waals surface area contributed by atoms with Gasteiger partial charge in [0.1, 0.15) is 5.82 Å². The van der Waals surface area contributed by atoms with Crippen LogP contribution in [-0.4, -0.2) is 17.2 Å². The van der Waals surface area contributed by atoms with Crippen LogP contribution in [0.1, 0.15) is 38.7 Å². The lowest BCUT2D eigenvalue weighted by Gasteiger charge is -2.12. The fraction of sp³-hybridized carbons (Fsp3) is 0.429. The summed E-state index contributed by atoms with van der Waals surface area (Å²) in [4.78, 5) is 0. The fourth-order valence-corrected chi connectivity index (χ4v) is 3.51. The van der Waals surface area contributed by atoms with Gasteiger partial charge in [0, 0.05) is 29.7 Å². The van der Waals surface area contributed by atoms with Gasteiger partial charge < -0.3 is 9.88 Å². The van der Waals surface area contributed by atoms with Crippen LogP contribution in [-0.2, 0) is 13.0 Å². The molecule has 0 aliphatic carbocycles. The van der Waals surface area contributed by atoms with Crippen molar-refractivity contribution in [2.75, 3.05) is 6.54 Å². The second-order valence-electron chi connectivity index (χ2n) is 6.79. The summed E-state index contributed by atoms with van der Waals surface area (Å²) in [6.45, 7) is 6.34. The van der Waals surface area contributed by atoms with E-state index in [1.54, 1.807) is 12.1 Å². The molecule has 1 saturated heterocycles. The molecule has 2 nitrogen and oxygen atoms in total. The maximum atomic E-state index is 13.8. The fourth-order valence-electron chi connectivity index (χ4n) is 3.51. The van der Waals surface area contributed by atoms with Gasteiger partial charge in [-0.1, -0.05) is 30.7 Å². The third-order valence-corrected chi connectivity index (χ3v) is 4.73. The Hall–Kier alpha value is -1.87. The van der Waals surface area contributed by atoms with Gasteiger partial charge in [0.15, 0.2) is 0 Å². The Morgan fingerprint density at radius 1 is 1.42 bits per heavy atom. The zero-order valence-corrected chi connectivity index (χ0v) is 14.7. The smallest absolute Gasteiger partial charge is 0.123 e. The van der Waals surface area contributed by atoms with Crippen LogP contribution in [0.15, 0.2) is 48.2 Å². The van der Waals surface area contributed by atoms with Crippen LogP contribution in [0.5, 0.6) is 0 Å². The number of nitrogens with zero attached hydrogens (tertiary/aromatic N) is 1. The van der Waals surface area contributed by atoms with E-state index < -0.39 is 0 Å². The molecule has 0 saturated carbocycles. The molecule has 1 N–H and O–H groups in total. The average Bonchev–Trinajstić information content (AvgIpc) is 3.17. The molecule has 0 unspecified atom stereocenters. The molecule has 0 radical (unpaired) electrons. The first-order valence-corrected chi connectivity index (χ1v) is 9.00. The first-order chi connectivity index (χ1) is 11.7. The minimum atomic E-state index is -0.159. The number of benzene rings is 1. The van der Waals surface area contributed by atoms with Crippen molar-refractivity contribution >= 4 is 10.9 Å². The lowest BCUT2D eigenvalue weighted by Crippen LogP contribution is -2.26. The van der Waals surface area contributed by atoms with Gasteiger partial charge in [-0.05, 0) is 62.9 Å². The second kappa shape index (κ2) is 7.80. The van der Waals surface area contributed by atoms with Gasteiger partial charge >= 0.3 is 0 Å². The number of aromatic nitrogens is 1. The summed E-state index contributed by atoms with van der Waals surface area (Å²) < 4.78 is 16.1. The second-order valence-corrected chi connectivity index (χ2v) is 6.79. The van der Waals surface area contributed by atoms with Gasteiger partial charge in [-0.15, -0.1) is 0 Å². The molecule has 3 rings (SSSR count). The number of fused-ring (bicyclic) bond motifs is 1. The molecular weight excluding hydrogens is 299 g/mol. The van der Waals surface area contributed by atoms with Crippen molar-refractivity contribution in [3.05, 3.63) is 59.6 Å². The molecule has 1 aliphatic heterocycles. The van der Waals surface area contributed by atoms with Crippen molar-refractivity contribution < 1.29 is 4.39 Å². The van der Waals surface area contributed by atoms with E-state index in [4.69, 9.17) is 0 Å². The van der Waals surface area contributed by atoms with E-state index in [-0.39, 0.29) is 5.82 Å². The number of allylic oxidation sites excluding steroid dienone is 4. The van der Waals surface area contributed by atoms with E-state index in [9.17, 15) is 4.39 Å². The number of nitrogens with one attached hydrogen (secondary N) is 1. The number of hydrogen-bond acceptors (Lipinski definition) is 1. The van der Waals surface area contributed by atoms with Crippen LogP contribution in [0.3, 0.4) is 0 Å². The SMILES string of the molecule is CC/C=C\C=C(\C)Cc1cn(C[C@@H]2CCCN2)c2ccc(F)cc12. The monoisotopic (exact) mass is 326 g/mol. The predicted octanol–water partition coefficient (Wildman–Crippen LogP) is 4.99. The minimum Gasteiger partial charge on any atom is -0.346 e. The van der Waals surface area contributed by atoms with Crippen molar-refractivity contribution in [3.63, 3.8) is 0 Å². The summed E-state index contributed by atoms with van der Waals surface area (Å²) in [7, 11) is 0. The lowest BCUT2D eigenvalue weighted by molar-refractivity contribution is 0.518. The van der Waals surface area contributed by atoms with E-state index in [0.29, 0.717) is 6.04 Å². The Bertz CT molecular complexity index is 749. The first-order valence-electron chi connectivity index (χ1n) is 9.00. The summed E-state index contributed by atoms with van der Waals surface area (Å²) in [5.41, 5.74) is 3.64. The van der Waals surface area contributed by atoms with Crippen LogP contribution in [0.25, 0.3) is 10.9 Å². The molecule has 1 fully saturated rings. The van der Waals surface area contributed by atoms with Crippen LogP contribution in [0, 0.1) is 5.82 Å².